The van der Waals surface area contributed by atoms with E-state index < -0.39 is 0 Å². The average molecular weight is 535 g/mol. The lowest BCUT2D eigenvalue weighted by Crippen LogP contribution is -1.99. The average Bonchev–Trinajstić information content (AvgIpc) is 3.58. The molecule has 0 atom stereocenters. The van der Waals surface area contributed by atoms with Crippen LogP contribution in [0.15, 0.2) is 158 Å². The molecule has 0 amide bonds. The topological polar surface area (TPSA) is 9.86 Å². The Hall–Kier alpha value is -5.60. The first-order valence-corrected chi connectivity index (χ1v) is 14.5. The molecule has 0 aliphatic heterocycles. The van der Waals surface area contributed by atoms with Crippen molar-refractivity contribution in [3.8, 4) is 22.5 Å². The number of para-hydroxylation sites is 3. The molecule has 42 heavy (non-hydrogen) atoms. The van der Waals surface area contributed by atoms with Gasteiger partial charge in [0.25, 0.3) is 0 Å². The fraction of sp³-hybridized carbons (Fsp3) is 0. The van der Waals surface area contributed by atoms with Crippen molar-refractivity contribution in [3.05, 3.63) is 158 Å². The maximum atomic E-state index is 2.49. The SMILES string of the molecule is c1ccc(-c2cc(-n3c4ccccc4c4ccc5c6ccccc6n(-c6ccccc6)c5c43)cc3ccccc23)cc1. The van der Waals surface area contributed by atoms with Gasteiger partial charge in [-0.3, -0.25) is 0 Å². The predicted molar refractivity (Wildman–Crippen MR) is 178 cm³/mol. The van der Waals surface area contributed by atoms with Crippen LogP contribution in [0.1, 0.15) is 0 Å². The van der Waals surface area contributed by atoms with E-state index in [1.807, 2.05) is 0 Å². The van der Waals surface area contributed by atoms with Crippen molar-refractivity contribution in [3.63, 3.8) is 0 Å². The highest BCUT2D eigenvalue weighted by atomic mass is 15.0. The van der Waals surface area contributed by atoms with E-state index in [4.69, 9.17) is 0 Å². The second-order valence-corrected chi connectivity index (χ2v) is 11.0. The Kier molecular flexibility index (Phi) is 4.93. The first-order chi connectivity index (χ1) is 20.9. The van der Waals surface area contributed by atoms with Crippen LogP contribution in [0.4, 0.5) is 0 Å². The van der Waals surface area contributed by atoms with E-state index in [1.54, 1.807) is 0 Å². The number of rotatable bonds is 3. The van der Waals surface area contributed by atoms with Crippen molar-refractivity contribution < 1.29 is 0 Å². The molecule has 0 unspecified atom stereocenters. The van der Waals surface area contributed by atoms with E-state index in [0.29, 0.717) is 0 Å². The molecular weight excluding hydrogens is 508 g/mol. The van der Waals surface area contributed by atoms with Gasteiger partial charge in [-0.25, -0.2) is 0 Å². The normalized spacial score (nSPS) is 11.8. The highest BCUT2D eigenvalue weighted by molar-refractivity contribution is 6.24. The zero-order chi connectivity index (χ0) is 27.6. The largest absolute Gasteiger partial charge is 0.307 e. The summed E-state index contributed by atoms with van der Waals surface area (Å²) in [4.78, 5) is 0. The van der Waals surface area contributed by atoms with E-state index in [9.17, 15) is 0 Å². The number of aromatic nitrogens is 2. The van der Waals surface area contributed by atoms with Crippen LogP contribution >= 0.6 is 0 Å². The minimum atomic E-state index is 1.16. The van der Waals surface area contributed by atoms with Gasteiger partial charge in [0.2, 0.25) is 0 Å². The molecule has 0 saturated carbocycles. The lowest BCUT2D eigenvalue weighted by molar-refractivity contribution is 1.15. The van der Waals surface area contributed by atoms with Crippen LogP contribution in [-0.4, -0.2) is 9.13 Å². The second-order valence-electron chi connectivity index (χ2n) is 11.0. The highest BCUT2D eigenvalue weighted by Gasteiger charge is 2.21. The molecule has 2 heteroatoms. The van der Waals surface area contributed by atoms with Gasteiger partial charge >= 0.3 is 0 Å². The van der Waals surface area contributed by atoms with Gasteiger partial charge in [0.05, 0.1) is 22.1 Å². The molecule has 196 valence electrons. The zero-order valence-corrected chi connectivity index (χ0v) is 22.9. The Bertz CT molecular complexity index is 2440. The number of nitrogens with zero attached hydrogens (tertiary/aromatic N) is 2. The van der Waals surface area contributed by atoms with Gasteiger partial charge in [0, 0.05) is 32.9 Å². The van der Waals surface area contributed by atoms with E-state index >= 15 is 0 Å². The summed E-state index contributed by atoms with van der Waals surface area (Å²) < 4.78 is 4.94. The lowest BCUT2D eigenvalue weighted by atomic mass is 9.97. The fourth-order valence-electron chi connectivity index (χ4n) is 6.89. The summed E-state index contributed by atoms with van der Waals surface area (Å²) in [6.45, 7) is 0. The summed E-state index contributed by atoms with van der Waals surface area (Å²) in [7, 11) is 0. The van der Waals surface area contributed by atoms with Gasteiger partial charge in [-0.15, -0.1) is 0 Å². The number of hydrogen-bond acceptors (Lipinski definition) is 0. The van der Waals surface area contributed by atoms with Crippen LogP contribution in [0.2, 0.25) is 0 Å². The highest BCUT2D eigenvalue weighted by Crippen LogP contribution is 2.42. The molecule has 0 saturated heterocycles. The van der Waals surface area contributed by atoms with Crippen molar-refractivity contribution in [2.45, 2.75) is 0 Å². The van der Waals surface area contributed by atoms with Crippen LogP contribution in [-0.2, 0) is 0 Å². The lowest BCUT2D eigenvalue weighted by Gasteiger charge is -2.15. The summed E-state index contributed by atoms with van der Waals surface area (Å²) in [5, 5.41) is 7.53. The Morgan fingerprint density at radius 1 is 0.333 bits per heavy atom. The van der Waals surface area contributed by atoms with Crippen LogP contribution in [0.5, 0.6) is 0 Å². The second kappa shape index (κ2) is 8.95. The Labute approximate surface area is 243 Å². The quantitative estimate of drug-likeness (QED) is 0.213. The number of benzene rings is 7. The molecule has 0 aliphatic rings. The van der Waals surface area contributed by atoms with Crippen LogP contribution in [0.25, 0.3) is 76.9 Å². The van der Waals surface area contributed by atoms with E-state index in [1.165, 1.54) is 65.5 Å². The Morgan fingerprint density at radius 2 is 0.833 bits per heavy atom. The molecule has 2 heterocycles. The summed E-state index contributed by atoms with van der Waals surface area (Å²) >= 11 is 0. The van der Waals surface area contributed by atoms with Crippen molar-refractivity contribution in [2.75, 3.05) is 0 Å². The summed E-state index contributed by atoms with van der Waals surface area (Å²) in [5.41, 5.74) is 9.66. The van der Waals surface area contributed by atoms with Gasteiger partial charge < -0.3 is 9.13 Å². The van der Waals surface area contributed by atoms with Crippen molar-refractivity contribution in [1.29, 1.82) is 0 Å². The molecule has 0 fully saturated rings. The molecule has 0 spiro atoms. The first kappa shape index (κ1) is 23.1. The molecule has 9 aromatic rings. The smallest absolute Gasteiger partial charge is 0.0788 e. The molecular formula is C40H26N2. The number of fused-ring (bicyclic) bond motifs is 8. The van der Waals surface area contributed by atoms with Crippen LogP contribution in [0.3, 0.4) is 0 Å². The van der Waals surface area contributed by atoms with Crippen LogP contribution in [0, 0.1) is 0 Å². The fourth-order valence-corrected chi connectivity index (χ4v) is 6.89. The van der Waals surface area contributed by atoms with Crippen molar-refractivity contribution >= 4 is 54.4 Å². The van der Waals surface area contributed by atoms with Gasteiger partial charge in [0.15, 0.2) is 0 Å². The molecule has 2 nitrogen and oxygen atoms in total. The maximum Gasteiger partial charge on any atom is 0.0788 e. The van der Waals surface area contributed by atoms with Crippen LogP contribution < -0.4 is 0 Å². The molecule has 7 aromatic carbocycles. The molecule has 9 rings (SSSR count). The van der Waals surface area contributed by atoms with Gasteiger partial charge in [-0.05, 0) is 58.3 Å². The zero-order valence-electron chi connectivity index (χ0n) is 22.9. The molecule has 0 N–H and O–H groups in total. The predicted octanol–water partition coefficient (Wildman–Crippen LogP) is 10.7. The summed E-state index contributed by atoms with van der Waals surface area (Å²) in [5.74, 6) is 0. The standard InChI is InChI=1S/C40H26N2/c1-3-13-27(14-4-1)36-26-30(25-28-15-7-8-18-31(28)36)42-38-22-12-10-20-33(38)35-24-23-34-32-19-9-11-21-37(32)41(39(34)40(35)42)29-16-5-2-6-17-29/h1-26H. The minimum absolute atomic E-state index is 1.16. The van der Waals surface area contributed by atoms with Gasteiger partial charge in [0.1, 0.15) is 0 Å². The Morgan fingerprint density at radius 3 is 1.48 bits per heavy atom. The summed E-state index contributed by atoms with van der Waals surface area (Å²) in [6, 6.07) is 57.2. The molecule has 0 radical (unpaired) electrons. The van der Waals surface area contributed by atoms with E-state index in [0.717, 1.165) is 11.4 Å². The minimum Gasteiger partial charge on any atom is -0.307 e. The monoisotopic (exact) mass is 534 g/mol. The maximum absolute atomic E-state index is 2.49. The molecule has 2 aromatic heterocycles. The Balaban J connectivity index is 1.51. The molecule has 0 bridgehead atoms. The molecule has 0 aliphatic carbocycles. The third-order valence-corrected chi connectivity index (χ3v) is 8.67. The van der Waals surface area contributed by atoms with Gasteiger partial charge in [-0.2, -0.15) is 0 Å². The van der Waals surface area contributed by atoms with Crippen molar-refractivity contribution in [1.82, 2.24) is 9.13 Å². The number of hydrogen-bond donors (Lipinski definition) is 0. The third kappa shape index (κ3) is 3.27. The first-order valence-electron chi connectivity index (χ1n) is 14.5. The van der Waals surface area contributed by atoms with Crippen molar-refractivity contribution in [2.24, 2.45) is 0 Å². The van der Waals surface area contributed by atoms with E-state index in [2.05, 4.69) is 167 Å². The summed E-state index contributed by atoms with van der Waals surface area (Å²) in [6.07, 6.45) is 0. The van der Waals surface area contributed by atoms with E-state index in [-0.39, 0.29) is 0 Å². The van der Waals surface area contributed by atoms with Gasteiger partial charge in [-0.1, -0.05) is 121 Å². The third-order valence-electron chi connectivity index (χ3n) is 8.67.